The van der Waals surface area contributed by atoms with Crippen molar-refractivity contribution in [3.8, 4) is 0 Å². The number of amides is 1. The highest BCUT2D eigenvalue weighted by Gasteiger charge is 2.31. The number of aromatic nitrogens is 4. The van der Waals surface area contributed by atoms with Crippen LogP contribution in [0.25, 0.3) is 0 Å². The van der Waals surface area contributed by atoms with E-state index in [4.69, 9.17) is 4.74 Å². The van der Waals surface area contributed by atoms with Crippen molar-refractivity contribution in [2.75, 3.05) is 25.1 Å². The zero-order valence-corrected chi connectivity index (χ0v) is 18.1. The molecule has 0 bridgehead atoms. The number of tetrazole rings is 1. The Morgan fingerprint density at radius 2 is 1.83 bits per heavy atom. The minimum absolute atomic E-state index is 0.100. The van der Waals surface area contributed by atoms with Crippen molar-refractivity contribution in [2.24, 2.45) is 0 Å². The first-order valence-electron chi connectivity index (χ1n) is 10.7. The minimum atomic E-state index is -0.192. The van der Waals surface area contributed by atoms with Crippen LogP contribution >= 0.6 is 0 Å². The number of methoxy groups -OCH3 is 1. The molecule has 9 nitrogen and oxygen atoms in total. The summed E-state index contributed by atoms with van der Waals surface area (Å²) in [6.07, 6.45) is 2.80. The minimum Gasteiger partial charge on any atom is -0.366 e. The molecule has 0 radical (unpaired) electrons. The molecule has 1 aliphatic rings. The lowest BCUT2D eigenvalue weighted by molar-refractivity contribution is -0.119. The third-order valence-electron chi connectivity index (χ3n) is 5.73. The summed E-state index contributed by atoms with van der Waals surface area (Å²) in [5, 5.41) is 7.79. The van der Waals surface area contributed by atoms with Gasteiger partial charge in [0, 0.05) is 51.3 Å². The van der Waals surface area contributed by atoms with E-state index in [0.717, 1.165) is 31.6 Å². The van der Waals surface area contributed by atoms with Crippen LogP contribution in [0.4, 0.5) is 5.69 Å². The molecule has 1 fully saturated rings. The molecule has 1 amide bonds. The third kappa shape index (κ3) is 4.96. The number of benzene rings is 1. The number of hydrogen-bond acceptors (Lipinski definition) is 6. The Kier molecular flexibility index (Phi) is 7.75. The van der Waals surface area contributed by atoms with Crippen LogP contribution in [0.2, 0.25) is 0 Å². The fraction of sp³-hybridized carbons (Fsp3) is 0.619. The van der Waals surface area contributed by atoms with E-state index in [2.05, 4.69) is 15.3 Å². The molecule has 1 aliphatic heterocycles. The quantitative estimate of drug-likeness (QED) is 0.619. The monoisotopic (exact) mass is 416 g/mol. The lowest BCUT2D eigenvalue weighted by atomic mass is 10.0. The molecule has 0 spiro atoms. The Labute approximate surface area is 177 Å². The molecule has 164 valence electrons. The van der Waals surface area contributed by atoms with Gasteiger partial charge in [-0.3, -0.25) is 9.69 Å². The SMILES string of the molecule is CCC(=O)N(c1ccccc1)C1CCN(C(CCn2nnn(CC)c2=O)OC)CC1. The number of anilines is 1. The van der Waals surface area contributed by atoms with Gasteiger partial charge in [0.2, 0.25) is 5.91 Å². The molecule has 2 aromatic rings. The Bertz CT molecular complexity index is 857. The maximum atomic E-state index is 12.6. The predicted octanol–water partition coefficient (Wildman–Crippen LogP) is 1.73. The number of carbonyl (C=O) groups is 1. The van der Waals surface area contributed by atoms with Gasteiger partial charge in [0.1, 0.15) is 6.23 Å². The Hall–Kier alpha value is -2.52. The number of aryl methyl sites for hydroxylation is 2. The topological polar surface area (TPSA) is 85.5 Å². The van der Waals surface area contributed by atoms with Crippen LogP contribution < -0.4 is 10.6 Å². The summed E-state index contributed by atoms with van der Waals surface area (Å²) in [4.78, 5) is 29.0. The first-order chi connectivity index (χ1) is 14.6. The molecule has 3 rings (SSSR count). The summed E-state index contributed by atoms with van der Waals surface area (Å²) >= 11 is 0. The summed E-state index contributed by atoms with van der Waals surface area (Å²) in [5.41, 5.74) is 0.770. The van der Waals surface area contributed by atoms with E-state index in [1.807, 2.05) is 49.1 Å². The molecule has 9 heteroatoms. The number of rotatable bonds is 9. The van der Waals surface area contributed by atoms with Crippen molar-refractivity contribution in [1.82, 2.24) is 24.7 Å². The van der Waals surface area contributed by atoms with Crippen LogP contribution in [0.1, 0.15) is 39.5 Å². The highest BCUT2D eigenvalue weighted by atomic mass is 16.5. The van der Waals surface area contributed by atoms with E-state index in [1.54, 1.807) is 7.11 Å². The maximum Gasteiger partial charge on any atom is 0.363 e. The second-order valence-corrected chi connectivity index (χ2v) is 7.50. The van der Waals surface area contributed by atoms with Crippen molar-refractivity contribution in [3.05, 3.63) is 40.8 Å². The van der Waals surface area contributed by atoms with Crippen LogP contribution in [0.3, 0.4) is 0 Å². The fourth-order valence-electron chi connectivity index (χ4n) is 4.08. The van der Waals surface area contributed by atoms with E-state index < -0.39 is 0 Å². The summed E-state index contributed by atoms with van der Waals surface area (Å²) < 4.78 is 8.44. The van der Waals surface area contributed by atoms with E-state index >= 15 is 0 Å². The van der Waals surface area contributed by atoms with Gasteiger partial charge < -0.3 is 9.64 Å². The van der Waals surface area contributed by atoms with Crippen molar-refractivity contribution >= 4 is 11.6 Å². The maximum absolute atomic E-state index is 12.6. The van der Waals surface area contributed by atoms with Crippen LogP contribution in [-0.2, 0) is 22.6 Å². The second kappa shape index (κ2) is 10.5. The summed E-state index contributed by atoms with van der Waals surface area (Å²) in [5.74, 6) is 0.154. The van der Waals surface area contributed by atoms with E-state index in [9.17, 15) is 9.59 Å². The van der Waals surface area contributed by atoms with Gasteiger partial charge in [-0.1, -0.05) is 25.1 Å². The van der Waals surface area contributed by atoms with Gasteiger partial charge in [-0.15, -0.1) is 0 Å². The lowest BCUT2D eigenvalue weighted by Gasteiger charge is -2.41. The van der Waals surface area contributed by atoms with Gasteiger partial charge in [0.25, 0.3) is 0 Å². The largest absolute Gasteiger partial charge is 0.366 e. The molecule has 0 N–H and O–H groups in total. The highest BCUT2D eigenvalue weighted by Crippen LogP contribution is 2.26. The Balaban J connectivity index is 1.60. The van der Waals surface area contributed by atoms with Gasteiger partial charge in [0.05, 0.1) is 6.54 Å². The smallest absolute Gasteiger partial charge is 0.363 e. The summed E-state index contributed by atoms with van der Waals surface area (Å²) in [6.45, 7) is 6.41. The first kappa shape index (κ1) is 22.2. The van der Waals surface area contributed by atoms with E-state index in [0.29, 0.717) is 25.9 Å². The molecule has 1 aromatic heterocycles. The van der Waals surface area contributed by atoms with E-state index in [1.165, 1.54) is 9.36 Å². The van der Waals surface area contributed by atoms with Crippen molar-refractivity contribution < 1.29 is 9.53 Å². The Morgan fingerprint density at radius 3 is 2.40 bits per heavy atom. The molecule has 0 saturated carbocycles. The predicted molar refractivity (Wildman–Crippen MR) is 114 cm³/mol. The van der Waals surface area contributed by atoms with E-state index in [-0.39, 0.29) is 23.9 Å². The number of likely N-dealkylation sites (tertiary alicyclic amines) is 1. The van der Waals surface area contributed by atoms with Crippen molar-refractivity contribution in [1.29, 1.82) is 0 Å². The average molecular weight is 417 g/mol. The molecule has 1 atom stereocenters. The van der Waals surface area contributed by atoms with Crippen LogP contribution in [0, 0.1) is 0 Å². The first-order valence-corrected chi connectivity index (χ1v) is 10.7. The number of hydrogen-bond donors (Lipinski definition) is 0. The molecule has 2 heterocycles. The van der Waals surface area contributed by atoms with Gasteiger partial charge in [0.15, 0.2) is 0 Å². The number of para-hydroxylation sites is 1. The van der Waals surface area contributed by atoms with Crippen molar-refractivity contribution in [3.63, 3.8) is 0 Å². The molecule has 1 aromatic carbocycles. The molecule has 0 aliphatic carbocycles. The lowest BCUT2D eigenvalue weighted by Crippen LogP contribution is -2.50. The number of ether oxygens (including phenoxy) is 1. The normalized spacial score (nSPS) is 16.5. The standard InChI is InChI=1S/C21H32N6O3/c1-4-19(28)27(17-9-7-6-8-10-17)18-11-14-24(15-12-18)20(30-3)13-16-26-21(29)25(5-2)22-23-26/h6-10,18,20H,4-5,11-16H2,1-3H3. The Morgan fingerprint density at radius 1 is 1.17 bits per heavy atom. The summed E-state index contributed by atoms with van der Waals surface area (Å²) in [7, 11) is 1.69. The van der Waals surface area contributed by atoms with Gasteiger partial charge >= 0.3 is 5.69 Å². The van der Waals surface area contributed by atoms with Crippen LogP contribution in [-0.4, -0.2) is 63.1 Å². The molecular weight excluding hydrogens is 384 g/mol. The zero-order valence-electron chi connectivity index (χ0n) is 18.1. The number of carbonyl (C=O) groups excluding carboxylic acids is 1. The van der Waals surface area contributed by atoms with Crippen LogP contribution in [0.15, 0.2) is 35.1 Å². The van der Waals surface area contributed by atoms with Gasteiger partial charge in [-0.2, -0.15) is 9.36 Å². The third-order valence-corrected chi connectivity index (χ3v) is 5.73. The molecular formula is C21H32N6O3. The number of nitrogens with zero attached hydrogens (tertiary/aromatic N) is 6. The second-order valence-electron chi connectivity index (χ2n) is 7.50. The highest BCUT2D eigenvalue weighted by molar-refractivity contribution is 5.93. The summed E-state index contributed by atoms with van der Waals surface area (Å²) in [6, 6.07) is 10.1. The van der Waals surface area contributed by atoms with Gasteiger partial charge in [-0.25, -0.2) is 4.79 Å². The number of piperidine rings is 1. The van der Waals surface area contributed by atoms with Gasteiger partial charge in [-0.05, 0) is 42.3 Å². The van der Waals surface area contributed by atoms with Crippen molar-refractivity contribution in [2.45, 2.75) is 64.9 Å². The molecule has 1 saturated heterocycles. The molecule has 30 heavy (non-hydrogen) atoms. The van der Waals surface area contributed by atoms with Crippen LogP contribution in [0.5, 0.6) is 0 Å². The molecule has 1 unspecified atom stereocenters. The average Bonchev–Trinajstić information content (AvgIpc) is 3.15. The fourth-order valence-corrected chi connectivity index (χ4v) is 4.08. The zero-order chi connectivity index (χ0) is 21.5.